The number of likely N-dealkylation sites (N-methyl/N-ethyl adjacent to an activating group) is 1. The highest BCUT2D eigenvalue weighted by Gasteiger charge is 2.20. The summed E-state index contributed by atoms with van der Waals surface area (Å²) in [6.45, 7) is 1.53. The summed E-state index contributed by atoms with van der Waals surface area (Å²) in [7, 11) is 1.60. The van der Waals surface area contributed by atoms with Gasteiger partial charge in [-0.05, 0) is 32.6 Å². The number of ketones is 1. The van der Waals surface area contributed by atoms with Crippen LogP contribution in [0, 0.1) is 0 Å². The van der Waals surface area contributed by atoms with E-state index in [0.29, 0.717) is 5.57 Å². The van der Waals surface area contributed by atoms with Gasteiger partial charge in [0, 0.05) is 18.2 Å². The lowest BCUT2D eigenvalue weighted by molar-refractivity contribution is -0.118. The minimum absolute atomic E-state index is 0.0401. The monoisotopic (exact) mass is 181 g/mol. The van der Waals surface area contributed by atoms with Crippen molar-refractivity contribution in [3.05, 3.63) is 11.1 Å². The first kappa shape index (κ1) is 9.96. The minimum Gasteiger partial charge on any atom is -0.355 e. The van der Waals surface area contributed by atoms with Gasteiger partial charge in [0.1, 0.15) is 0 Å². The van der Waals surface area contributed by atoms with Crippen LogP contribution >= 0.6 is 0 Å². The van der Waals surface area contributed by atoms with Crippen molar-refractivity contribution < 1.29 is 9.59 Å². The molecule has 3 nitrogen and oxygen atoms in total. The summed E-state index contributed by atoms with van der Waals surface area (Å²) in [5, 5.41) is 2.57. The Labute approximate surface area is 78.2 Å². The van der Waals surface area contributed by atoms with Gasteiger partial charge in [-0.15, -0.1) is 0 Å². The Morgan fingerprint density at radius 1 is 1.15 bits per heavy atom. The van der Waals surface area contributed by atoms with Gasteiger partial charge in [-0.25, -0.2) is 0 Å². The van der Waals surface area contributed by atoms with Crippen LogP contribution in [0.5, 0.6) is 0 Å². The van der Waals surface area contributed by atoms with Gasteiger partial charge >= 0.3 is 0 Å². The van der Waals surface area contributed by atoms with Gasteiger partial charge in [-0.2, -0.15) is 0 Å². The van der Waals surface area contributed by atoms with E-state index in [0.717, 1.165) is 31.3 Å². The van der Waals surface area contributed by atoms with Gasteiger partial charge in [0.25, 0.3) is 0 Å². The van der Waals surface area contributed by atoms with Gasteiger partial charge in [-0.3, -0.25) is 9.59 Å². The zero-order valence-corrected chi connectivity index (χ0v) is 8.14. The van der Waals surface area contributed by atoms with Crippen molar-refractivity contribution in [2.24, 2.45) is 0 Å². The Kier molecular flexibility index (Phi) is 3.23. The molecule has 13 heavy (non-hydrogen) atoms. The molecule has 0 saturated carbocycles. The van der Waals surface area contributed by atoms with Crippen LogP contribution < -0.4 is 5.32 Å². The van der Waals surface area contributed by atoms with E-state index in [1.165, 1.54) is 6.92 Å². The largest absolute Gasteiger partial charge is 0.355 e. The molecule has 0 radical (unpaired) electrons. The van der Waals surface area contributed by atoms with E-state index in [1.54, 1.807) is 7.05 Å². The number of amides is 1. The smallest absolute Gasteiger partial charge is 0.247 e. The summed E-state index contributed by atoms with van der Waals surface area (Å²) >= 11 is 0. The molecule has 0 aromatic heterocycles. The Morgan fingerprint density at radius 2 is 1.69 bits per heavy atom. The number of nitrogens with one attached hydrogen (secondary N) is 1. The molecule has 1 rings (SSSR count). The average Bonchev–Trinajstić information content (AvgIpc) is 2.16. The van der Waals surface area contributed by atoms with E-state index >= 15 is 0 Å². The third-order valence-corrected chi connectivity index (χ3v) is 2.39. The van der Waals surface area contributed by atoms with E-state index in [-0.39, 0.29) is 11.7 Å². The SMILES string of the molecule is CNC(=O)C1=C(C(C)=O)CCCC1. The maximum atomic E-state index is 11.4. The highest BCUT2D eigenvalue weighted by Crippen LogP contribution is 2.25. The number of allylic oxidation sites excluding steroid dienone is 1. The van der Waals surface area contributed by atoms with Crippen molar-refractivity contribution in [1.29, 1.82) is 0 Å². The zero-order valence-electron chi connectivity index (χ0n) is 8.14. The molecule has 0 aromatic carbocycles. The van der Waals surface area contributed by atoms with E-state index in [2.05, 4.69) is 5.32 Å². The van der Waals surface area contributed by atoms with Crippen molar-refractivity contribution in [1.82, 2.24) is 5.32 Å². The summed E-state index contributed by atoms with van der Waals surface area (Å²) in [4.78, 5) is 22.6. The van der Waals surface area contributed by atoms with Gasteiger partial charge in [0.15, 0.2) is 5.78 Å². The van der Waals surface area contributed by atoms with Gasteiger partial charge in [0.2, 0.25) is 5.91 Å². The highest BCUT2D eigenvalue weighted by molar-refractivity contribution is 6.04. The highest BCUT2D eigenvalue weighted by atomic mass is 16.2. The van der Waals surface area contributed by atoms with Crippen molar-refractivity contribution in [3.8, 4) is 0 Å². The first-order chi connectivity index (χ1) is 6.16. The summed E-state index contributed by atoms with van der Waals surface area (Å²) in [5.41, 5.74) is 1.42. The molecule has 0 saturated heterocycles. The van der Waals surface area contributed by atoms with Gasteiger partial charge in [-0.1, -0.05) is 0 Å². The zero-order chi connectivity index (χ0) is 9.84. The molecule has 0 aliphatic heterocycles. The lowest BCUT2D eigenvalue weighted by atomic mass is 9.89. The normalized spacial score (nSPS) is 17.1. The van der Waals surface area contributed by atoms with Gasteiger partial charge < -0.3 is 5.32 Å². The first-order valence-electron chi connectivity index (χ1n) is 4.62. The predicted molar refractivity (Wildman–Crippen MR) is 50.2 cm³/mol. The molecule has 0 heterocycles. The van der Waals surface area contributed by atoms with Crippen LogP contribution in [-0.2, 0) is 9.59 Å². The van der Waals surface area contributed by atoms with Crippen LogP contribution in [0.3, 0.4) is 0 Å². The summed E-state index contributed by atoms with van der Waals surface area (Å²) in [6.07, 6.45) is 3.54. The number of hydrogen-bond donors (Lipinski definition) is 1. The lowest BCUT2D eigenvalue weighted by Gasteiger charge is -2.16. The lowest BCUT2D eigenvalue weighted by Crippen LogP contribution is -2.24. The van der Waals surface area contributed by atoms with E-state index in [1.807, 2.05) is 0 Å². The fourth-order valence-corrected chi connectivity index (χ4v) is 1.70. The topological polar surface area (TPSA) is 46.2 Å². The van der Waals surface area contributed by atoms with Crippen molar-refractivity contribution in [3.63, 3.8) is 0 Å². The van der Waals surface area contributed by atoms with Crippen LogP contribution in [0.4, 0.5) is 0 Å². The number of carbonyl (C=O) groups is 2. The standard InChI is InChI=1S/C10H15NO2/c1-7(12)8-5-3-4-6-9(8)10(13)11-2/h3-6H2,1-2H3,(H,11,13). The maximum absolute atomic E-state index is 11.4. The quantitative estimate of drug-likeness (QED) is 0.695. The first-order valence-corrected chi connectivity index (χ1v) is 4.62. The molecule has 3 heteroatoms. The van der Waals surface area contributed by atoms with Crippen LogP contribution in [0.15, 0.2) is 11.1 Å². The molecule has 0 spiro atoms. The third-order valence-electron chi connectivity index (χ3n) is 2.39. The van der Waals surface area contributed by atoms with Crippen LogP contribution in [0.2, 0.25) is 0 Å². The number of carbonyl (C=O) groups excluding carboxylic acids is 2. The third kappa shape index (κ3) is 2.17. The fourth-order valence-electron chi connectivity index (χ4n) is 1.70. The van der Waals surface area contributed by atoms with Crippen LogP contribution in [0.25, 0.3) is 0 Å². The van der Waals surface area contributed by atoms with Crippen molar-refractivity contribution in [2.45, 2.75) is 32.6 Å². The number of rotatable bonds is 2. The van der Waals surface area contributed by atoms with Gasteiger partial charge in [0.05, 0.1) is 0 Å². The van der Waals surface area contributed by atoms with Crippen molar-refractivity contribution >= 4 is 11.7 Å². The molecule has 1 amide bonds. The molecule has 72 valence electrons. The second-order valence-corrected chi connectivity index (χ2v) is 3.30. The molecular formula is C10H15NO2. The minimum atomic E-state index is -0.0927. The fraction of sp³-hybridized carbons (Fsp3) is 0.600. The van der Waals surface area contributed by atoms with E-state index in [9.17, 15) is 9.59 Å². The molecule has 1 N–H and O–H groups in total. The molecule has 0 fully saturated rings. The van der Waals surface area contributed by atoms with Crippen molar-refractivity contribution in [2.75, 3.05) is 7.05 Å². The molecule has 0 atom stereocenters. The number of Topliss-reactive ketones (excluding diaryl/α,β-unsaturated/α-hetero) is 1. The molecule has 0 bridgehead atoms. The summed E-state index contributed by atoms with van der Waals surface area (Å²) < 4.78 is 0. The predicted octanol–water partition coefficient (Wildman–Crippen LogP) is 1.19. The molecule has 0 aromatic rings. The molecule has 1 aliphatic carbocycles. The summed E-state index contributed by atoms with van der Waals surface area (Å²) in [5.74, 6) is -0.0526. The summed E-state index contributed by atoms with van der Waals surface area (Å²) in [6, 6.07) is 0. The Hall–Kier alpha value is -1.12. The van der Waals surface area contributed by atoms with E-state index in [4.69, 9.17) is 0 Å². The molecular weight excluding hydrogens is 166 g/mol. The maximum Gasteiger partial charge on any atom is 0.247 e. The van der Waals surface area contributed by atoms with Crippen LogP contribution in [-0.4, -0.2) is 18.7 Å². The second-order valence-electron chi connectivity index (χ2n) is 3.30. The van der Waals surface area contributed by atoms with E-state index < -0.39 is 0 Å². The second kappa shape index (κ2) is 4.21. The Morgan fingerprint density at radius 3 is 2.15 bits per heavy atom. The molecule has 1 aliphatic rings. The molecule has 0 unspecified atom stereocenters. The Balaban J connectivity index is 2.96. The Bertz CT molecular complexity index is 266. The van der Waals surface area contributed by atoms with Crippen LogP contribution in [0.1, 0.15) is 32.6 Å². The number of hydrogen-bond acceptors (Lipinski definition) is 2. The average molecular weight is 181 g/mol.